The Labute approximate surface area is 110 Å². The van der Waals surface area contributed by atoms with Gasteiger partial charge in [0, 0.05) is 31.9 Å². The number of anilines is 1. The number of imidazole rings is 1. The highest BCUT2D eigenvalue weighted by Gasteiger charge is 2.16. The van der Waals surface area contributed by atoms with E-state index in [4.69, 9.17) is 5.11 Å². The Morgan fingerprint density at radius 3 is 2.74 bits per heavy atom. The van der Waals surface area contributed by atoms with Gasteiger partial charge in [-0.05, 0) is 25.2 Å². The van der Waals surface area contributed by atoms with Crippen molar-refractivity contribution < 1.29 is 9.90 Å². The van der Waals surface area contributed by atoms with Gasteiger partial charge >= 0.3 is 5.97 Å². The Kier molecular flexibility index (Phi) is 2.87. The SMILES string of the molecule is CN1CCN(c2ccc3nc(C(=O)O)[nH]c3c2)CC1. The van der Waals surface area contributed by atoms with Gasteiger partial charge in [-0.25, -0.2) is 9.78 Å². The molecular formula is C13H16N4O2. The fourth-order valence-electron chi connectivity index (χ4n) is 2.36. The standard InChI is InChI=1S/C13H16N4O2/c1-16-4-6-17(7-5-16)9-2-3-10-11(8-9)15-12(14-10)13(18)19/h2-3,8H,4-7H2,1H3,(H,14,15)(H,18,19). The average Bonchev–Trinajstić information content (AvgIpc) is 2.82. The van der Waals surface area contributed by atoms with Crippen LogP contribution in [0.4, 0.5) is 5.69 Å². The second-order valence-corrected chi connectivity index (χ2v) is 4.88. The van der Waals surface area contributed by atoms with Crippen molar-refractivity contribution in [3.8, 4) is 0 Å². The molecule has 2 N–H and O–H groups in total. The average molecular weight is 260 g/mol. The molecule has 0 saturated carbocycles. The maximum Gasteiger partial charge on any atom is 0.371 e. The molecule has 1 fully saturated rings. The Morgan fingerprint density at radius 2 is 2.05 bits per heavy atom. The fraction of sp³-hybridized carbons (Fsp3) is 0.385. The Bertz CT molecular complexity index is 614. The van der Waals surface area contributed by atoms with Crippen molar-refractivity contribution >= 4 is 22.7 Å². The molecule has 1 aromatic carbocycles. The Morgan fingerprint density at radius 1 is 1.32 bits per heavy atom. The van der Waals surface area contributed by atoms with Crippen molar-refractivity contribution in [1.29, 1.82) is 0 Å². The minimum atomic E-state index is -1.03. The van der Waals surface area contributed by atoms with Crippen molar-refractivity contribution in [2.45, 2.75) is 0 Å². The van der Waals surface area contributed by atoms with Gasteiger partial charge in [0.2, 0.25) is 5.82 Å². The normalized spacial score (nSPS) is 17.0. The summed E-state index contributed by atoms with van der Waals surface area (Å²) in [5.74, 6) is -1.04. The van der Waals surface area contributed by atoms with Crippen LogP contribution in [-0.4, -0.2) is 59.2 Å². The maximum atomic E-state index is 10.9. The fourth-order valence-corrected chi connectivity index (χ4v) is 2.36. The molecule has 6 nitrogen and oxygen atoms in total. The summed E-state index contributed by atoms with van der Waals surface area (Å²) >= 11 is 0. The quantitative estimate of drug-likeness (QED) is 0.843. The van der Waals surface area contributed by atoms with Crippen LogP contribution in [-0.2, 0) is 0 Å². The summed E-state index contributed by atoms with van der Waals surface area (Å²) in [4.78, 5) is 22.4. The zero-order chi connectivity index (χ0) is 13.4. The molecule has 0 unspecified atom stereocenters. The first-order valence-electron chi connectivity index (χ1n) is 6.30. The zero-order valence-corrected chi connectivity index (χ0v) is 10.8. The van der Waals surface area contributed by atoms with Gasteiger partial charge in [-0.2, -0.15) is 0 Å². The molecule has 0 radical (unpaired) electrons. The van der Waals surface area contributed by atoms with E-state index in [1.165, 1.54) is 0 Å². The number of likely N-dealkylation sites (N-methyl/N-ethyl adjacent to an activating group) is 1. The maximum absolute atomic E-state index is 10.9. The summed E-state index contributed by atoms with van der Waals surface area (Å²) in [6, 6.07) is 5.84. The lowest BCUT2D eigenvalue weighted by atomic mass is 10.2. The first-order valence-corrected chi connectivity index (χ1v) is 6.30. The van der Waals surface area contributed by atoms with Crippen molar-refractivity contribution in [2.75, 3.05) is 38.1 Å². The summed E-state index contributed by atoms with van der Waals surface area (Å²) < 4.78 is 0. The minimum Gasteiger partial charge on any atom is -0.475 e. The minimum absolute atomic E-state index is 0.00877. The lowest BCUT2D eigenvalue weighted by molar-refractivity contribution is 0.0685. The monoisotopic (exact) mass is 260 g/mol. The van der Waals surface area contributed by atoms with Crippen molar-refractivity contribution in [2.24, 2.45) is 0 Å². The molecule has 0 spiro atoms. The number of hydrogen-bond acceptors (Lipinski definition) is 4. The molecule has 19 heavy (non-hydrogen) atoms. The molecule has 100 valence electrons. The van der Waals surface area contributed by atoms with E-state index < -0.39 is 5.97 Å². The second-order valence-electron chi connectivity index (χ2n) is 4.88. The number of hydrogen-bond donors (Lipinski definition) is 2. The van der Waals surface area contributed by atoms with Gasteiger partial charge in [0.05, 0.1) is 11.0 Å². The van der Waals surface area contributed by atoms with Gasteiger partial charge in [0.15, 0.2) is 0 Å². The molecule has 3 rings (SSSR count). The zero-order valence-electron chi connectivity index (χ0n) is 10.8. The van der Waals surface area contributed by atoms with Crippen LogP contribution in [0.2, 0.25) is 0 Å². The number of carboxylic acid groups (broad SMARTS) is 1. The number of rotatable bonds is 2. The third kappa shape index (κ3) is 2.26. The highest BCUT2D eigenvalue weighted by molar-refractivity contribution is 5.90. The van der Waals surface area contributed by atoms with Gasteiger partial charge < -0.3 is 19.9 Å². The Hall–Kier alpha value is -2.08. The Balaban J connectivity index is 1.90. The molecule has 2 aromatic rings. The number of carbonyl (C=O) groups is 1. The summed E-state index contributed by atoms with van der Waals surface area (Å²) in [5.41, 5.74) is 2.57. The third-order valence-electron chi connectivity index (χ3n) is 3.54. The van der Waals surface area contributed by atoms with Crippen LogP contribution in [0.25, 0.3) is 11.0 Å². The smallest absolute Gasteiger partial charge is 0.371 e. The lowest BCUT2D eigenvalue weighted by Crippen LogP contribution is -2.44. The van der Waals surface area contributed by atoms with Crippen LogP contribution >= 0.6 is 0 Å². The van der Waals surface area contributed by atoms with Gasteiger partial charge in [-0.1, -0.05) is 0 Å². The van der Waals surface area contributed by atoms with Crippen molar-refractivity contribution in [3.63, 3.8) is 0 Å². The lowest BCUT2D eigenvalue weighted by Gasteiger charge is -2.34. The molecule has 0 bridgehead atoms. The molecule has 2 heterocycles. The number of fused-ring (bicyclic) bond motifs is 1. The van der Waals surface area contributed by atoms with Crippen LogP contribution in [0.1, 0.15) is 10.6 Å². The number of aromatic amines is 1. The highest BCUT2D eigenvalue weighted by atomic mass is 16.4. The van der Waals surface area contributed by atoms with Gasteiger partial charge in [-0.3, -0.25) is 0 Å². The van der Waals surface area contributed by atoms with E-state index in [0.29, 0.717) is 5.52 Å². The van der Waals surface area contributed by atoms with Gasteiger partial charge in [0.1, 0.15) is 0 Å². The molecule has 1 aromatic heterocycles. The number of aromatic nitrogens is 2. The number of nitrogens with zero attached hydrogens (tertiary/aromatic N) is 3. The predicted molar refractivity (Wildman–Crippen MR) is 72.8 cm³/mol. The van der Waals surface area contributed by atoms with E-state index in [2.05, 4.69) is 26.8 Å². The number of carboxylic acids is 1. The molecule has 6 heteroatoms. The first kappa shape index (κ1) is 12.0. The van der Waals surface area contributed by atoms with E-state index in [1.54, 1.807) is 0 Å². The van der Waals surface area contributed by atoms with Crippen molar-refractivity contribution in [3.05, 3.63) is 24.0 Å². The number of piperazine rings is 1. The van der Waals surface area contributed by atoms with Crippen LogP contribution in [0.15, 0.2) is 18.2 Å². The number of aromatic carboxylic acids is 1. The van der Waals surface area contributed by atoms with Crippen LogP contribution in [0.5, 0.6) is 0 Å². The van der Waals surface area contributed by atoms with E-state index >= 15 is 0 Å². The van der Waals surface area contributed by atoms with E-state index in [9.17, 15) is 4.79 Å². The summed E-state index contributed by atoms with van der Waals surface area (Å²) in [6.45, 7) is 4.06. The largest absolute Gasteiger partial charge is 0.475 e. The van der Waals surface area contributed by atoms with E-state index in [0.717, 1.165) is 37.4 Å². The van der Waals surface area contributed by atoms with E-state index in [1.807, 2.05) is 18.2 Å². The summed E-state index contributed by atoms with van der Waals surface area (Å²) in [7, 11) is 2.12. The molecular weight excluding hydrogens is 244 g/mol. The van der Waals surface area contributed by atoms with E-state index in [-0.39, 0.29) is 5.82 Å². The molecule has 0 amide bonds. The highest BCUT2D eigenvalue weighted by Crippen LogP contribution is 2.21. The molecule has 0 atom stereocenters. The molecule has 0 aliphatic carbocycles. The summed E-state index contributed by atoms with van der Waals surface area (Å²) in [6.07, 6.45) is 0. The number of nitrogens with one attached hydrogen (secondary N) is 1. The molecule has 1 aliphatic rings. The summed E-state index contributed by atoms with van der Waals surface area (Å²) in [5, 5.41) is 8.92. The molecule has 1 saturated heterocycles. The molecule has 1 aliphatic heterocycles. The van der Waals surface area contributed by atoms with Gasteiger partial charge in [0.25, 0.3) is 0 Å². The number of H-pyrrole nitrogens is 1. The van der Waals surface area contributed by atoms with Crippen molar-refractivity contribution in [1.82, 2.24) is 14.9 Å². The number of benzene rings is 1. The van der Waals surface area contributed by atoms with Crippen LogP contribution < -0.4 is 4.90 Å². The van der Waals surface area contributed by atoms with Gasteiger partial charge in [-0.15, -0.1) is 0 Å². The van der Waals surface area contributed by atoms with Crippen LogP contribution in [0.3, 0.4) is 0 Å². The second kappa shape index (κ2) is 4.55. The predicted octanol–water partition coefficient (Wildman–Crippen LogP) is 1.01. The topological polar surface area (TPSA) is 72.5 Å². The third-order valence-corrected chi connectivity index (χ3v) is 3.54. The van der Waals surface area contributed by atoms with Crippen LogP contribution in [0, 0.1) is 0 Å². The first-order chi connectivity index (χ1) is 9.13.